The molecule has 5 heteroatoms. The van der Waals surface area contributed by atoms with Crippen molar-refractivity contribution in [3.63, 3.8) is 0 Å². The van der Waals surface area contributed by atoms with Gasteiger partial charge in [-0.1, -0.05) is 0 Å². The van der Waals surface area contributed by atoms with E-state index in [0.29, 0.717) is 12.2 Å². The van der Waals surface area contributed by atoms with Crippen LogP contribution in [0.25, 0.3) is 0 Å². The molecule has 0 amide bonds. The lowest BCUT2D eigenvalue weighted by Crippen LogP contribution is -1.92. The molecule has 0 spiro atoms. The van der Waals surface area contributed by atoms with E-state index in [0.717, 1.165) is 10.7 Å². The lowest BCUT2D eigenvalue weighted by molar-refractivity contribution is 0.0660. The van der Waals surface area contributed by atoms with Gasteiger partial charge in [0.05, 0.1) is 6.42 Å². The monoisotopic (exact) mass is 223 g/mol. The minimum atomic E-state index is -1.04. The van der Waals surface area contributed by atoms with Crippen LogP contribution in [0.1, 0.15) is 27.0 Å². The van der Waals surface area contributed by atoms with Gasteiger partial charge in [-0.3, -0.25) is 0 Å². The Morgan fingerprint density at radius 1 is 1.60 bits per heavy atom. The summed E-state index contributed by atoms with van der Waals surface area (Å²) in [6.07, 6.45) is 0.547. The highest BCUT2D eigenvalue weighted by Gasteiger charge is 2.10. The number of aromatic carboxylic acids is 1. The topological polar surface area (TPSA) is 63.3 Å². The van der Waals surface area contributed by atoms with Gasteiger partial charge in [0.1, 0.15) is 10.8 Å². The molecule has 0 saturated heterocycles. The molecule has 4 nitrogen and oxygen atoms in total. The van der Waals surface area contributed by atoms with Crippen LogP contribution in [0.4, 0.5) is 0 Å². The van der Waals surface area contributed by atoms with Gasteiger partial charge in [0, 0.05) is 11.1 Å². The van der Waals surface area contributed by atoms with Gasteiger partial charge in [-0.25, -0.2) is 9.78 Å². The van der Waals surface area contributed by atoms with Crippen molar-refractivity contribution in [2.24, 2.45) is 0 Å². The van der Waals surface area contributed by atoms with Crippen LogP contribution in [-0.4, -0.2) is 16.1 Å². The maximum Gasteiger partial charge on any atom is 0.371 e. The van der Waals surface area contributed by atoms with Crippen molar-refractivity contribution in [2.45, 2.75) is 13.3 Å². The zero-order valence-corrected chi connectivity index (χ0v) is 8.87. The summed E-state index contributed by atoms with van der Waals surface area (Å²) in [5.41, 5.74) is 0.972. The summed E-state index contributed by atoms with van der Waals surface area (Å²) in [6.45, 7) is 1.92. The van der Waals surface area contributed by atoms with Crippen LogP contribution in [0.15, 0.2) is 21.9 Å². The Morgan fingerprint density at radius 3 is 2.93 bits per heavy atom. The predicted molar refractivity (Wildman–Crippen MR) is 55.3 cm³/mol. The van der Waals surface area contributed by atoms with E-state index in [4.69, 9.17) is 9.52 Å². The smallest absolute Gasteiger partial charge is 0.371 e. The average Bonchev–Trinajstić information content (AvgIpc) is 2.76. The van der Waals surface area contributed by atoms with Crippen molar-refractivity contribution in [1.29, 1.82) is 0 Å². The quantitative estimate of drug-likeness (QED) is 0.867. The molecule has 78 valence electrons. The molecule has 0 fully saturated rings. The molecule has 0 atom stereocenters. The van der Waals surface area contributed by atoms with Crippen LogP contribution < -0.4 is 0 Å². The third-order valence-electron chi connectivity index (χ3n) is 1.86. The highest BCUT2D eigenvalue weighted by Crippen LogP contribution is 2.16. The molecule has 0 aliphatic carbocycles. The summed E-state index contributed by atoms with van der Waals surface area (Å²) in [7, 11) is 0. The molecule has 2 heterocycles. The van der Waals surface area contributed by atoms with Gasteiger partial charge in [-0.15, -0.1) is 11.3 Å². The lowest BCUT2D eigenvalue weighted by Gasteiger charge is -1.91. The normalized spacial score (nSPS) is 10.5. The molecule has 0 radical (unpaired) electrons. The van der Waals surface area contributed by atoms with Gasteiger partial charge < -0.3 is 9.52 Å². The largest absolute Gasteiger partial charge is 0.475 e. The molecule has 2 rings (SSSR count). The fourth-order valence-corrected chi connectivity index (χ4v) is 2.00. The molecule has 0 aromatic carbocycles. The Bertz CT molecular complexity index is 486. The molecule has 2 aromatic heterocycles. The number of carboxylic acids is 1. The second-order valence-electron chi connectivity index (χ2n) is 3.13. The highest BCUT2D eigenvalue weighted by atomic mass is 32.1. The van der Waals surface area contributed by atoms with Crippen LogP contribution in [0.2, 0.25) is 0 Å². The van der Waals surface area contributed by atoms with E-state index in [1.807, 2.05) is 12.3 Å². The number of thiazole rings is 1. The Hall–Kier alpha value is -1.62. The molecule has 0 aliphatic heterocycles. The van der Waals surface area contributed by atoms with E-state index < -0.39 is 5.97 Å². The van der Waals surface area contributed by atoms with Gasteiger partial charge in [0.15, 0.2) is 0 Å². The number of rotatable bonds is 3. The Balaban J connectivity index is 2.14. The standard InChI is InChI=1S/C10H9NO3S/c1-6-5-15-9(11-6)4-7-2-3-8(14-7)10(12)13/h2-3,5H,4H2,1H3,(H,12,13). The molecule has 0 aliphatic rings. The molecule has 15 heavy (non-hydrogen) atoms. The number of hydrogen-bond donors (Lipinski definition) is 1. The SMILES string of the molecule is Cc1csc(Cc2ccc(C(=O)O)o2)n1. The third-order valence-corrected chi connectivity index (χ3v) is 2.83. The lowest BCUT2D eigenvalue weighted by atomic mass is 10.3. The molecule has 0 bridgehead atoms. The average molecular weight is 223 g/mol. The fourth-order valence-electron chi connectivity index (χ4n) is 1.22. The van der Waals surface area contributed by atoms with Crippen LogP contribution in [-0.2, 0) is 6.42 Å². The first-order valence-electron chi connectivity index (χ1n) is 4.38. The van der Waals surface area contributed by atoms with Gasteiger partial charge in [0.25, 0.3) is 0 Å². The van der Waals surface area contributed by atoms with Crippen LogP contribution in [0.5, 0.6) is 0 Å². The van der Waals surface area contributed by atoms with E-state index >= 15 is 0 Å². The van der Waals surface area contributed by atoms with E-state index in [1.165, 1.54) is 6.07 Å². The molecular formula is C10H9NO3S. The number of carboxylic acid groups (broad SMARTS) is 1. The van der Waals surface area contributed by atoms with Crippen molar-refractivity contribution < 1.29 is 14.3 Å². The van der Waals surface area contributed by atoms with Gasteiger partial charge >= 0.3 is 5.97 Å². The molecule has 0 unspecified atom stereocenters. The summed E-state index contributed by atoms with van der Waals surface area (Å²) in [5, 5.41) is 11.5. The highest BCUT2D eigenvalue weighted by molar-refractivity contribution is 7.09. The fraction of sp³-hybridized carbons (Fsp3) is 0.200. The maximum absolute atomic E-state index is 10.6. The van der Waals surface area contributed by atoms with Crippen molar-refractivity contribution in [3.8, 4) is 0 Å². The minimum absolute atomic E-state index is 0.0294. The maximum atomic E-state index is 10.6. The van der Waals surface area contributed by atoms with E-state index in [9.17, 15) is 4.79 Å². The summed E-state index contributed by atoms with van der Waals surface area (Å²) < 4.78 is 5.13. The van der Waals surface area contributed by atoms with Gasteiger partial charge in [-0.2, -0.15) is 0 Å². The Kier molecular flexibility index (Phi) is 2.55. The predicted octanol–water partition coefficient (Wildman–Crippen LogP) is 2.33. The minimum Gasteiger partial charge on any atom is -0.475 e. The van der Waals surface area contributed by atoms with Crippen molar-refractivity contribution in [2.75, 3.05) is 0 Å². The number of furan rings is 1. The Labute approximate surface area is 90.2 Å². The molecule has 2 aromatic rings. The first-order chi connectivity index (χ1) is 7.15. The summed E-state index contributed by atoms with van der Waals surface area (Å²) >= 11 is 1.54. The van der Waals surface area contributed by atoms with Gasteiger partial charge in [0.2, 0.25) is 5.76 Å². The summed E-state index contributed by atoms with van der Waals surface area (Å²) in [4.78, 5) is 14.8. The third kappa shape index (κ3) is 2.24. The molecular weight excluding hydrogens is 214 g/mol. The number of hydrogen-bond acceptors (Lipinski definition) is 4. The molecule has 0 saturated carbocycles. The number of nitrogens with zero attached hydrogens (tertiary/aromatic N) is 1. The summed E-state index contributed by atoms with van der Waals surface area (Å²) in [6, 6.07) is 3.12. The van der Waals surface area contributed by atoms with Crippen molar-refractivity contribution in [1.82, 2.24) is 4.98 Å². The van der Waals surface area contributed by atoms with Crippen LogP contribution in [0.3, 0.4) is 0 Å². The number of aromatic nitrogens is 1. The second-order valence-corrected chi connectivity index (χ2v) is 4.07. The Morgan fingerprint density at radius 2 is 2.40 bits per heavy atom. The first-order valence-corrected chi connectivity index (χ1v) is 5.26. The number of aryl methyl sites for hydroxylation is 1. The van der Waals surface area contributed by atoms with E-state index in [1.54, 1.807) is 17.4 Å². The molecule has 1 N–H and O–H groups in total. The summed E-state index contributed by atoms with van der Waals surface area (Å²) in [5.74, 6) is -0.448. The van der Waals surface area contributed by atoms with Crippen molar-refractivity contribution >= 4 is 17.3 Å². The first kappa shape index (κ1) is 9.92. The van der Waals surface area contributed by atoms with Gasteiger partial charge in [-0.05, 0) is 19.1 Å². The van der Waals surface area contributed by atoms with Crippen LogP contribution >= 0.6 is 11.3 Å². The van der Waals surface area contributed by atoms with Crippen LogP contribution in [0, 0.1) is 6.92 Å². The van der Waals surface area contributed by atoms with E-state index in [-0.39, 0.29) is 5.76 Å². The van der Waals surface area contributed by atoms with E-state index in [2.05, 4.69) is 4.98 Å². The zero-order chi connectivity index (χ0) is 10.8. The number of carbonyl (C=O) groups is 1. The second kappa shape index (κ2) is 3.86. The zero-order valence-electron chi connectivity index (χ0n) is 8.06. The van der Waals surface area contributed by atoms with Crippen molar-refractivity contribution in [3.05, 3.63) is 39.7 Å².